The van der Waals surface area contributed by atoms with Crippen molar-refractivity contribution in [3.05, 3.63) is 187 Å². The van der Waals surface area contributed by atoms with Crippen molar-refractivity contribution in [2.24, 2.45) is 0 Å². The van der Waals surface area contributed by atoms with Gasteiger partial charge >= 0.3 is 0 Å². The average molecular weight is 654 g/mol. The zero-order valence-corrected chi connectivity index (χ0v) is 28.6. The summed E-state index contributed by atoms with van der Waals surface area (Å²) in [4.78, 5) is 2.42. The van der Waals surface area contributed by atoms with Crippen molar-refractivity contribution in [1.82, 2.24) is 0 Å². The van der Waals surface area contributed by atoms with Crippen molar-refractivity contribution in [2.75, 3.05) is 4.90 Å². The number of rotatable bonds is 5. The van der Waals surface area contributed by atoms with Gasteiger partial charge in [-0.3, -0.25) is 0 Å². The Morgan fingerprint density at radius 3 is 1.92 bits per heavy atom. The molecule has 0 unspecified atom stereocenters. The van der Waals surface area contributed by atoms with E-state index in [-0.39, 0.29) is 5.41 Å². The summed E-state index contributed by atoms with van der Waals surface area (Å²) in [6.45, 7) is 4.70. The van der Waals surface area contributed by atoms with E-state index in [1.165, 1.54) is 44.2 Å². The first kappa shape index (κ1) is 29.5. The molecular weight excluding hydrogens is 619 g/mol. The van der Waals surface area contributed by atoms with Gasteiger partial charge in [-0.2, -0.15) is 0 Å². The van der Waals surface area contributed by atoms with E-state index in [1.54, 1.807) is 0 Å². The summed E-state index contributed by atoms with van der Waals surface area (Å²) in [5, 5.41) is 4.78. The van der Waals surface area contributed by atoms with Crippen LogP contribution in [0.1, 0.15) is 25.0 Å². The number of fused-ring (bicyclic) bond motifs is 7. The lowest BCUT2D eigenvalue weighted by atomic mass is 9.82. The van der Waals surface area contributed by atoms with E-state index >= 15 is 0 Å². The molecule has 0 radical (unpaired) electrons. The molecule has 1 aromatic heterocycles. The lowest BCUT2D eigenvalue weighted by molar-refractivity contribution is 0.660. The Morgan fingerprint density at radius 2 is 1.04 bits per heavy atom. The van der Waals surface area contributed by atoms with E-state index in [9.17, 15) is 0 Å². The smallest absolute Gasteiger partial charge is 0.136 e. The van der Waals surface area contributed by atoms with Gasteiger partial charge < -0.3 is 9.32 Å². The Bertz CT molecular complexity index is 2780. The molecule has 0 saturated carbocycles. The van der Waals surface area contributed by atoms with Crippen LogP contribution in [0.25, 0.3) is 66.1 Å². The minimum atomic E-state index is -0.113. The van der Waals surface area contributed by atoms with Gasteiger partial charge in [0, 0.05) is 33.1 Å². The van der Waals surface area contributed by atoms with Crippen LogP contribution in [-0.4, -0.2) is 0 Å². The molecule has 2 heteroatoms. The van der Waals surface area contributed by atoms with Gasteiger partial charge in [-0.1, -0.05) is 141 Å². The van der Waals surface area contributed by atoms with Gasteiger partial charge in [0.1, 0.15) is 11.2 Å². The summed E-state index contributed by atoms with van der Waals surface area (Å²) in [6.07, 6.45) is 0. The first-order valence-electron chi connectivity index (χ1n) is 17.7. The minimum absolute atomic E-state index is 0.113. The number of anilines is 3. The molecule has 0 amide bonds. The molecule has 0 fully saturated rings. The van der Waals surface area contributed by atoms with E-state index in [0.29, 0.717) is 0 Å². The van der Waals surface area contributed by atoms with E-state index < -0.39 is 0 Å². The van der Waals surface area contributed by atoms with Crippen molar-refractivity contribution in [1.29, 1.82) is 0 Å². The van der Waals surface area contributed by atoms with E-state index in [4.69, 9.17) is 4.42 Å². The molecule has 0 N–H and O–H groups in total. The first-order valence-corrected chi connectivity index (χ1v) is 17.7. The third kappa shape index (κ3) is 4.64. The normalized spacial score (nSPS) is 13.1. The number of furan rings is 1. The summed E-state index contributed by atoms with van der Waals surface area (Å²) in [5.74, 6) is 0. The molecule has 0 bridgehead atoms. The maximum absolute atomic E-state index is 6.36. The Morgan fingerprint density at radius 1 is 0.412 bits per heavy atom. The monoisotopic (exact) mass is 653 g/mol. The minimum Gasteiger partial charge on any atom is -0.456 e. The molecule has 1 aliphatic rings. The fraction of sp³-hybridized carbons (Fsp3) is 0.0612. The van der Waals surface area contributed by atoms with Gasteiger partial charge in [-0.15, -0.1) is 0 Å². The zero-order valence-electron chi connectivity index (χ0n) is 28.6. The molecule has 0 spiro atoms. The fourth-order valence-corrected chi connectivity index (χ4v) is 8.33. The van der Waals surface area contributed by atoms with Crippen LogP contribution in [0.15, 0.2) is 180 Å². The highest BCUT2D eigenvalue weighted by Gasteiger charge is 2.35. The number of hydrogen-bond acceptors (Lipinski definition) is 2. The molecule has 8 aromatic carbocycles. The van der Waals surface area contributed by atoms with Gasteiger partial charge in [-0.05, 0) is 98.2 Å². The second kappa shape index (κ2) is 11.3. The lowest BCUT2D eigenvalue weighted by Gasteiger charge is -2.30. The SMILES string of the molecule is CC1(C)c2ccccc2-c2ccc(N(c3ccc(-c4cccc5ccccc45)cc3)c3ccccc3-c3ccc4c(c3)oc3ccccc34)cc21. The molecule has 9 aromatic rings. The Hall–Kier alpha value is -6.38. The van der Waals surface area contributed by atoms with E-state index in [2.05, 4.69) is 183 Å². The highest BCUT2D eigenvalue weighted by molar-refractivity contribution is 6.06. The van der Waals surface area contributed by atoms with Crippen LogP contribution in [0.5, 0.6) is 0 Å². The molecule has 1 heterocycles. The van der Waals surface area contributed by atoms with E-state index in [1.807, 2.05) is 12.1 Å². The summed E-state index contributed by atoms with van der Waals surface area (Å²) in [5.41, 5.74) is 15.1. The molecule has 1 aliphatic carbocycles. The molecule has 0 aliphatic heterocycles. The Kier molecular flexibility index (Phi) is 6.56. The maximum atomic E-state index is 6.36. The van der Waals surface area contributed by atoms with Crippen molar-refractivity contribution in [3.63, 3.8) is 0 Å². The predicted molar refractivity (Wildman–Crippen MR) is 214 cm³/mol. The molecule has 242 valence electrons. The van der Waals surface area contributed by atoms with Crippen LogP contribution >= 0.6 is 0 Å². The highest BCUT2D eigenvalue weighted by atomic mass is 16.3. The van der Waals surface area contributed by atoms with Crippen molar-refractivity contribution in [3.8, 4) is 33.4 Å². The van der Waals surface area contributed by atoms with Gasteiger partial charge in [0.25, 0.3) is 0 Å². The van der Waals surface area contributed by atoms with Crippen LogP contribution in [0.2, 0.25) is 0 Å². The van der Waals surface area contributed by atoms with E-state index in [0.717, 1.165) is 50.1 Å². The van der Waals surface area contributed by atoms with Crippen LogP contribution in [0, 0.1) is 0 Å². The largest absolute Gasteiger partial charge is 0.456 e. The molecule has 0 atom stereocenters. The van der Waals surface area contributed by atoms with Crippen LogP contribution in [0.4, 0.5) is 17.1 Å². The molecule has 51 heavy (non-hydrogen) atoms. The standard InChI is InChI=1S/C49H35NO/c1-49(2)44-19-8-5-16-40(44)41-29-27-36(31-45(41)49)50(35-25-22-33(23-26-35)38-18-11-13-32-12-3-4-14-37(32)38)46-20-9-6-15-39(46)34-24-28-43-42-17-7-10-21-47(42)51-48(43)30-34/h3-31H,1-2H3. The second-order valence-electron chi connectivity index (χ2n) is 14.1. The predicted octanol–water partition coefficient (Wildman–Crippen LogP) is 13.8. The highest BCUT2D eigenvalue weighted by Crippen LogP contribution is 2.51. The van der Waals surface area contributed by atoms with Gasteiger partial charge in [0.15, 0.2) is 0 Å². The van der Waals surface area contributed by atoms with Crippen molar-refractivity contribution < 1.29 is 4.42 Å². The summed E-state index contributed by atoms with van der Waals surface area (Å²) < 4.78 is 6.36. The molecule has 10 rings (SSSR count). The lowest BCUT2D eigenvalue weighted by Crippen LogP contribution is -2.16. The third-order valence-corrected chi connectivity index (χ3v) is 10.9. The number of hydrogen-bond donors (Lipinski definition) is 0. The van der Waals surface area contributed by atoms with Gasteiger partial charge in [-0.25, -0.2) is 0 Å². The van der Waals surface area contributed by atoms with Crippen molar-refractivity contribution in [2.45, 2.75) is 19.3 Å². The Labute approximate surface area is 297 Å². The molecule has 0 saturated heterocycles. The molecule has 2 nitrogen and oxygen atoms in total. The van der Waals surface area contributed by atoms with Crippen LogP contribution < -0.4 is 4.90 Å². The number of para-hydroxylation sites is 2. The summed E-state index contributed by atoms with van der Waals surface area (Å²) in [6, 6.07) is 63.7. The van der Waals surface area contributed by atoms with Crippen LogP contribution in [-0.2, 0) is 5.41 Å². The average Bonchev–Trinajstić information content (AvgIpc) is 3.66. The van der Waals surface area contributed by atoms with Gasteiger partial charge in [0.05, 0.1) is 5.69 Å². The zero-order chi connectivity index (χ0) is 34.1. The van der Waals surface area contributed by atoms with Crippen molar-refractivity contribution >= 4 is 49.8 Å². The summed E-state index contributed by atoms with van der Waals surface area (Å²) >= 11 is 0. The first-order chi connectivity index (χ1) is 25.0. The topological polar surface area (TPSA) is 16.4 Å². The quantitative estimate of drug-likeness (QED) is 0.184. The molecular formula is C49H35NO. The second-order valence-corrected chi connectivity index (χ2v) is 14.1. The summed E-state index contributed by atoms with van der Waals surface area (Å²) in [7, 11) is 0. The third-order valence-electron chi connectivity index (χ3n) is 10.9. The number of benzene rings is 8. The van der Waals surface area contributed by atoms with Crippen LogP contribution in [0.3, 0.4) is 0 Å². The van der Waals surface area contributed by atoms with Gasteiger partial charge in [0.2, 0.25) is 0 Å². The number of nitrogens with zero attached hydrogens (tertiary/aromatic N) is 1. The Balaban J connectivity index is 1.15. The fourth-order valence-electron chi connectivity index (χ4n) is 8.33. The maximum Gasteiger partial charge on any atom is 0.136 e.